The molecule has 0 aliphatic heterocycles. The topological polar surface area (TPSA) is 37.3 Å². The van der Waals surface area contributed by atoms with Crippen molar-refractivity contribution in [3.63, 3.8) is 0 Å². The van der Waals surface area contributed by atoms with E-state index in [1.165, 1.54) is 0 Å². The first-order chi connectivity index (χ1) is 11.7. The van der Waals surface area contributed by atoms with E-state index in [-0.39, 0.29) is 48.9 Å². The number of rotatable bonds is 7. The van der Waals surface area contributed by atoms with Crippen LogP contribution in [0, 0.1) is 0 Å². The van der Waals surface area contributed by atoms with E-state index in [9.17, 15) is 79.4 Å². The summed E-state index contributed by atoms with van der Waals surface area (Å²) in [4.78, 5) is 9.77. The third kappa shape index (κ3) is 3.93. The first kappa shape index (κ1) is 31.0. The Morgan fingerprint density at radius 1 is 0.448 bits per heavy atom. The molecule has 0 atom stereocenters. The van der Waals surface area contributed by atoms with Crippen LogP contribution >= 0.6 is 0 Å². The second-order valence-electron chi connectivity index (χ2n) is 4.82. The molecule has 0 fully saturated rings. The number of aliphatic carboxylic acids is 1. The van der Waals surface area contributed by atoms with E-state index in [2.05, 4.69) is 0 Å². The number of hydrogen-bond acceptors (Lipinski definition) is 1. The molecule has 1 N–H and O–H groups in total. The first-order valence-electron chi connectivity index (χ1n) is 5.64. The molecule has 0 aromatic rings. The van der Waals surface area contributed by atoms with Crippen molar-refractivity contribution in [3.05, 3.63) is 0 Å². The minimum absolute atomic E-state index is 0. The molecule has 170 valence electrons. The van der Waals surface area contributed by atoms with Gasteiger partial charge in [-0.15, -0.1) is 0 Å². The summed E-state index contributed by atoms with van der Waals surface area (Å²) in [7, 11) is 0. The maximum absolute atomic E-state index is 13.0. The SMILES string of the molecule is O=C(O)C(F)(F)C(F)(F)C(F)(F)C(F)(F)C(F)(F)C(F)(F)C(F)(F)C(F)(F)F.[Ba]. The van der Waals surface area contributed by atoms with E-state index in [0.717, 1.165) is 0 Å². The molecule has 0 aliphatic rings. The maximum atomic E-state index is 13.0. The Morgan fingerprint density at radius 3 is 0.862 bits per heavy atom. The van der Waals surface area contributed by atoms with Gasteiger partial charge in [0.1, 0.15) is 0 Å². The molecular weight excluding hydrogens is 600 g/mol. The largest absolute Gasteiger partial charge is 0.477 e. The second kappa shape index (κ2) is 7.77. The Labute approximate surface area is 186 Å². The van der Waals surface area contributed by atoms with Crippen LogP contribution in [-0.2, 0) is 4.79 Å². The molecule has 0 heterocycles. The summed E-state index contributed by atoms with van der Waals surface area (Å²) in [5.74, 6) is -62.9. The number of hydrogen-bond donors (Lipinski definition) is 1. The molecule has 0 aromatic carbocycles. The van der Waals surface area contributed by atoms with E-state index in [1.807, 2.05) is 0 Å². The van der Waals surface area contributed by atoms with Crippen LogP contribution in [0.4, 0.5) is 74.6 Å². The molecule has 0 aliphatic carbocycles. The van der Waals surface area contributed by atoms with Crippen molar-refractivity contribution < 1.29 is 84.5 Å². The smallest absolute Gasteiger partial charge is 0.460 e. The van der Waals surface area contributed by atoms with Gasteiger partial charge in [-0.05, 0) is 0 Å². The number of halogens is 17. The fraction of sp³-hybridized carbons (Fsp3) is 0.889. The number of carboxylic acid groups (broad SMARTS) is 1. The molecule has 0 rings (SSSR count). The molecule has 29 heavy (non-hydrogen) atoms. The average molecular weight is 601 g/mol. The molecule has 0 unspecified atom stereocenters. The van der Waals surface area contributed by atoms with Gasteiger partial charge in [-0.2, -0.15) is 74.6 Å². The van der Waals surface area contributed by atoms with Crippen LogP contribution in [0.3, 0.4) is 0 Å². The third-order valence-electron chi connectivity index (χ3n) is 2.99. The van der Waals surface area contributed by atoms with Gasteiger partial charge in [0.15, 0.2) is 0 Å². The summed E-state index contributed by atoms with van der Waals surface area (Å²) in [5.41, 5.74) is 0. The quantitative estimate of drug-likeness (QED) is 0.340. The summed E-state index contributed by atoms with van der Waals surface area (Å²) >= 11 is 0. The Hall–Kier alpha value is -0.149. The Kier molecular flexibility index (Phi) is 8.31. The van der Waals surface area contributed by atoms with Gasteiger partial charge in [0.25, 0.3) is 0 Å². The molecule has 2 radical (unpaired) electrons. The Balaban J connectivity index is 0. The van der Waals surface area contributed by atoms with E-state index >= 15 is 0 Å². The van der Waals surface area contributed by atoms with Crippen LogP contribution in [0.5, 0.6) is 0 Å². The summed E-state index contributed by atoms with van der Waals surface area (Å²) in [6.45, 7) is 0. The summed E-state index contributed by atoms with van der Waals surface area (Å²) < 4.78 is 214. The molecule has 0 spiro atoms. The predicted octanol–water partition coefficient (Wildman–Crippen LogP) is 4.70. The fourth-order valence-corrected chi connectivity index (χ4v) is 1.30. The monoisotopic (exact) mass is 602 g/mol. The number of alkyl halides is 17. The van der Waals surface area contributed by atoms with Crippen LogP contribution in [0.15, 0.2) is 0 Å². The molecule has 0 saturated carbocycles. The zero-order valence-corrected chi connectivity index (χ0v) is 16.9. The van der Waals surface area contributed by atoms with Crippen LogP contribution < -0.4 is 0 Å². The minimum atomic E-state index is -8.76. The van der Waals surface area contributed by atoms with E-state index in [4.69, 9.17) is 5.11 Å². The molecule has 0 aromatic heterocycles. The van der Waals surface area contributed by atoms with E-state index in [1.54, 1.807) is 0 Å². The van der Waals surface area contributed by atoms with Crippen molar-refractivity contribution in [2.24, 2.45) is 0 Å². The first-order valence-corrected chi connectivity index (χ1v) is 5.64. The van der Waals surface area contributed by atoms with Gasteiger partial charge in [-0.1, -0.05) is 0 Å². The molecule has 0 bridgehead atoms. The number of carbonyl (C=O) groups is 1. The van der Waals surface area contributed by atoms with Crippen molar-refractivity contribution >= 4 is 54.9 Å². The molecule has 2 nitrogen and oxygen atoms in total. The molecule has 0 saturated heterocycles. The normalized spacial score (nSPS) is 15.8. The van der Waals surface area contributed by atoms with Crippen molar-refractivity contribution in [2.75, 3.05) is 0 Å². The van der Waals surface area contributed by atoms with Crippen molar-refractivity contribution in [1.29, 1.82) is 0 Å². The van der Waals surface area contributed by atoms with Gasteiger partial charge in [0.2, 0.25) is 0 Å². The predicted molar refractivity (Wildman–Crippen MR) is 54.1 cm³/mol. The summed E-state index contributed by atoms with van der Waals surface area (Å²) in [5, 5.41) is 7.59. The fourth-order valence-electron chi connectivity index (χ4n) is 1.30. The summed E-state index contributed by atoms with van der Waals surface area (Å²) in [6.07, 6.45) is -7.83. The van der Waals surface area contributed by atoms with Crippen LogP contribution in [0.1, 0.15) is 0 Å². The standard InChI is InChI=1S/C9HF17O2.Ba/c10-2(11,1(27)28)3(12,13)4(14,15)5(16,17)6(18,19)7(20,21)8(22,23)9(24,25)26;/h(H,27,28);. The maximum Gasteiger partial charge on any atom is 0.460 e. The van der Waals surface area contributed by atoms with Crippen LogP contribution in [0.2, 0.25) is 0 Å². The zero-order chi connectivity index (χ0) is 23.6. The zero-order valence-electron chi connectivity index (χ0n) is 12.5. The van der Waals surface area contributed by atoms with Crippen LogP contribution in [0.25, 0.3) is 0 Å². The number of carboxylic acids is 1. The van der Waals surface area contributed by atoms with Crippen molar-refractivity contribution in [3.8, 4) is 0 Å². The van der Waals surface area contributed by atoms with Gasteiger partial charge < -0.3 is 5.11 Å². The Bertz CT molecular complexity index is 621. The third-order valence-corrected chi connectivity index (χ3v) is 2.99. The van der Waals surface area contributed by atoms with Crippen molar-refractivity contribution in [1.82, 2.24) is 0 Å². The van der Waals surface area contributed by atoms with E-state index in [0.29, 0.717) is 0 Å². The molecular formula is C9HBaF17O2. The van der Waals surface area contributed by atoms with Gasteiger partial charge >= 0.3 is 53.6 Å². The van der Waals surface area contributed by atoms with Gasteiger partial charge in [0.05, 0.1) is 0 Å². The molecule has 20 heteroatoms. The van der Waals surface area contributed by atoms with E-state index < -0.39 is 53.6 Å². The Morgan fingerprint density at radius 2 is 0.655 bits per heavy atom. The van der Waals surface area contributed by atoms with Gasteiger partial charge in [-0.3, -0.25) is 0 Å². The second-order valence-corrected chi connectivity index (χ2v) is 4.82. The minimum Gasteiger partial charge on any atom is -0.477 e. The average Bonchev–Trinajstić information content (AvgIpc) is 2.44. The van der Waals surface area contributed by atoms with Crippen molar-refractivity contribution in [2.45, 2.75) is 47.6 Å². The van der Waals surface area contributed by atoms with Gasteiger partial charge in [0, 0.05) is 48.9 Å². The van der Waals surface area contributed by atoms with Crippen LogP contribution in [-0.4, -0.2) is 108 Å². The van der Waals surface area contributed by atoms with Gasteiger partial charge in [-0.25, -0.2) is 4.79 Å². The summed E-state index contributed by atoms with van der Waals surface area (Å²) in [6, 6.07) is 0. The molecule has 0 amide bonds.